The lowest BCUT2D eigenvalue weighted by Gasteiger charge is -2.15. The van der Waals surface area contributed by atoms with Crippen molar-refractivity contribution in [1.29, 1.82) is 0 Å². The Hall–Kier alpha value is -1.80. The fraction of sp³-hybridized carbons (Fsp3) is 0.417. The Kier molecular flexibility index (Phi) is 4.15. The molecule has 1 aromatic rings. The van der Waals surface area contributed by atoms with Gasteiger partial charge in [-0.2, -0.15) is 0 Å². The smallest absolute Gasteiger partial charge is 0.240 e. The second-order valence-corrected chi connectivity index (χ2v) is 6.37. The van der Waals surface area contributed by atoms with Crippen molar-refractivity contribution in [1.82, 2.24) is 10.0 Å². The Balaban J connectivity index is 2.23. The van der Waals surface area contributed by atoms with Gasteiger partial charge in [0.2, 0.25) is 15.9 Å². The van der Waals surface area contributed by atoms with Crippen LogP contribution in [0.25, 0.3) is 0 Å². The van der Waals surface area contributed by atoms with Crippen LogP contribution < -0.4 is 21.1 Å². The number of hydrogen-bond donors (Lipinski definition) is 4. The van der Waals surface area contributed by atoms with Crippen LogP contribution in [0, 0.1) is 0 Å². The molecule has 20 heavy (non-hydrogen) atoms. The van der Waals surface area contributed by atoms with E-state index in [1.54, 1.807) is 6.92 Å². The molecule has 2 rings (SSSR count). The van der Waals surface area contributed by atoms with Gasteiger partial charge in [-0.1, -0.05) is 6.92 Å². The predicted octanol–water partition coefficient (Wildman–Crippen LogP) is -0.133. The van der Waals surface area contributed by atoms with E-state index in [1.807, 2.05) is 0 Å². The molecule has 0 spiro atoms. The summed E-state index contributed by atoms with van der Waals surface area (Å²) >= 11 is 0. The summed E-state index contributed by atoms with van der Waals surface area (Å²) in [7, 11) is -3.52. The minimum absolute atomic E-state index is 0.0301. The van der Waals surface area contributed by atoms with Crippen LogP contribution in [0.4, 0.5) is 11.4 Å². The third kappa shape index (κ3) is 3.20. The number of sulfonamides is 1. The molecule has 1 heterocycles. The lowest BCUT2D eigenvalue weighted by atomic mass is 10.2. The van der Waals surface area contributed by atoms with Gasteiger partial charge in [0, 0.05) is 19.5 Å². The van der Waals surface area contributed by atoms with Gasteiger partial charge in [0.15, 0.2) is 0 Å². The molecular formula is C12H18N4O3S. The van der Waals surface area contributed by atoms with Crippen LogP contribution in [0.1, 0.15) is 13.3 Å². The van der Waals surface area contributed by atoms with E-state index in [4.69, 9.17) is 5.73 Å². The molecule has 8 heteroatoms. The van der Waals surface area contributed by atoms with Crippen molar-refractivity contribution < 1.29 is 13.2 Å². The number of nitrogens with two attached hydrogens (primary N) is 1. The van der Waals surface area contributed by atoms with E-state index in [-0.39, 0.29) is 16.8 Å². The Morgan fingerprint density at radius 3 is 2.80 bits per heavy atom. The zero-order valence-electron chi connectivity index (χ0n) is 11.1. The van der Waals surface area contributed by atoms with E-state index in [0.717, 1.165) is 0 Å². The van der Waals surface area contributed by atoms with Crippen LogP contribution >= 0.6 is 0 Å². The first-order valence-corrected chi connectivity index (χ1v) is 7.83. The van der Waals surface area contributed by atoms with Crippen LogP contribution in [0.15, 0.2) is 23.1 Å². The van der Waals surface area contributed by atoms with Gasteiger partial charge >= 0.3 is 0 Å². The van der Waals surface area contributed by atoms with E-state index >= 15 is 0 Å². The summed E-state index contributed by atoms with van der Waals surface area (Å²) in [5.41, 5.74) is 6.80. The van der Waals surface area contributed by atoms with E-state index in [0.29, 0.717) is 30.9 Å². The maximum absolute atomic E-state index is 11.9. The molecule has 5 N–H and O–H groups in total. The third-order valence-corrected chi connectivity index (χ3v) is 4.55. The zero-order chi connectivity index (χ0) is 14.8. The van der Waals surface area contributed by atoms with Gasteiger partial charge in [-0.05, 0) is 18.2 Å². The lowest BCUT2D eigenvalue weighted by molar-refractivity contribution is -0.119. The van der Waals surface area contributed by atoms with Gasteiger partial charge in [0.1, 0.15) is 0 Å². The molecule has 1 aliphatic rings. The minimum atomic E-state index is -3.52. The first kappa shape index (κ1) is 14.6. The topological polar surface area (TPSA) is 113 Å². The maximum atomic E-state index is 11.9. The van der Waals surface area contributed by atoms with Crippen LogP contribution in [0.2, 0.25) is 0 Å². The summed E-state index contributed by atoms with van der Waals surface area (Å²) in [4.78, 5) is 11.3. The SMILES string of the molecule is CCNS(=O)(=O)c1ccc(N)c(NC2CNC(=O)C2)c1. The highest BCUT2D eigenvalue weighted by atomic mass is 32.2. The van der Waals surface area contributed by atoms with Crippen molar-refractivity contribution in [2.24, 2.45) is 0 Å². The average molecular weight is 298 g/mol. The second-order valence-electron chi connectivity index (χ2n) is 4.60. The molecule has 1 atom stereocenters. The van der Waals surface area contributed by atoms with E-state index in [2.05, 4.69) is 15.4 Å². The Morgan fingerprint density at radius 1 is 1.45 bits per heavy atom. The molecule has 0 radical (unpaired) electrons. The highest BCUT2D eigenvalue weighted by Crippen LogP contribution is 2.24. The molecule has 1 aromatic carbocycles. The van der Waals surface area contributed by atoms with Crippen LogP contribution in [0.5, 0.6) is 0 Å². The van der Waals surface area contributed by atoms with Crippen LogP contribution in [-0.4, -0.2) is 33.5 Å². The third-order valence-electron chi connectivity index (χ3n) is 3.01. The monoisotopic (exact) mass is 298 g/mol. The molecule has 1 saturated heterocycles. The number of carbonyl (C=O) groups is 1. The fourth-order valence-corrected chi connectivity index (χ4v) is 3.09. The second kappa shape index (κ2) is 5.68. The average Bonchev–Trinajstić information content (AvgIpc) is 2.77. The number of amides is 1. The zero-order valence-corrected chi connectivity index (χ0v) is 12.0. The highest BCUT2D eigenvalue weighted by molar-refractivity contribution is 7.89. The lowest BCUT2D eigenvalue weighted by Crippen LogP contribution is -2.25. The van der Waals surface area contributed by atoms with Gasteiger partial charge in [-0.15, -0.1) is 0 Å². The molecule has 1 fully saturated rings. The quantitative estimate of drug-likeness (QED) is 0.565. The van der Waals surface area contributed by atoms with E-state index in [1.165, 1.54) is 18.2 Å². The summed E-state index contributed by atoms with van der Waals surface area (Å²) in [5, 5.41) is 5.80. The summed E-state index contributed by atoms with van der Waals surface area (Å²) in [5.74, 6) is -0.0301. The van der Waals surface area contributed by atoms with Crippen molar-refractivity contribution in [3.05, 3.63) is 18.2 Å². The van der Waals surface area contributed by atoms with Crippen molar-refractivity contribution >= 4 is 27.3 Å². The van der Waals surface area contributed by atoms with E-state index < -0.39 is 10.0 Å². The molecule has 110 valence electrons. The summed E-state index contributed by atoms with van der Waals surface area (Å²) < 4.78 is 26.3. The molecule has 0 aliphatic carbocycles. The summed E-state index contributed by atoms with van der Waals surface area (Å²) in [6.45, 7) is 2.53. The van der Waals surface area contributed by atoms with Crippen molar-refractivity contribution in [3.63, 3.8) is 0 Å². The van der Waals surface area contributed by atoms with Gasteiger partial charge < -0.3 is 16.4 Å². The molecule has 0 aromatic heterocycles. The number of nitrogen functional groups attached to an aromatic ring is 1. The molecule has 7 nitrogen and oxygen atoms in total. The Morgan fingerprint density at radius 2 is 2.20 bits per heavy atom. The molecular weight excluding hydrogens is 280 g/mol. The summed E-state index contributed by atoms with van der Waals surface area (Å²) in [6, 6.07) is 4.39. The molecule has 1 unspecified atom stereocenters. The number of rotatable bonds is 5. The minimum Gasteiger partial charge on any atom is -0.397 e. The highest BCUT2D eigenvalue weighted by Gasteiger charge is 2.22. The number of nitrogens with one attached hydrogen (secondary N) is 3. The van der Waals surface area contributed by atoms with Crippen molar-refractivity contribution in [2.45, 2.75) is 24.3 Å². The van der Waals surface area contributed by atoms with Gasteiger partial charge in [-0.3, -0.25) is 4.79 Å². The summed E-state index contributed by atoms with van der Waals surface area (Å²) in [6.07, 6.45) is 0.351. The number of anilines is 2. The van der Waals surface area contributed by atoms with Gasteiger partial charge in [0.25, 0.3) is 0 Å². The molecule has 0 saturated carbocycles. The predicted molar refractivity (Wildman–Crippen MR) is 76.8 cm³/mol. The van der Waals surface area contributed by atoms with Gasteiger partial charge in [-0.25, -0.2) is 13.1 Å². The fourth-order valence-electron chi connectivity index (χ4n) is 2.03. The standard InChI is InChI=1S/C12H18N4O3S/c1-2-15-20(18,19)9-3-4-10(13)11(6-9)16-8-5-12(17)14-7-8/h3-4,6,8,15-16H,2,5,7,13H2,1H3,(H,14,17). The normalized spacial score (nSPS) is 18.9. The molecule has 0 bridgehead atoms. The number of carbonyl (C=O) groups excluding carboxylic acids is 1. The molecule has 1 aliphatic heterocycles. The Labute approximate surface area is 118 Å². The van der Waals surface area contributed by atoms with Gasteiger partial charge in [0.05, 0.1) is 22.3 Å². The first-order chi connectivity index (χ1) is 9.42. The van der Waals surface area contributed by atoms with Crippen LogP contribution in [-0.2, 0) is 14.8 Å². The van der Waals surface area contributed by atoms with E-state index in [9.17, 15) is 13.2 Å². The Bertz CT molecular complexity index is 615. The first-order valence-electron chi connectivity index (χ1n) is 6.35. The van der Waals surface area contributed by atoms with Crippen molar-refractivity contribution in [2.75, 3.05) is 24.1 Å². The number of hydrogen-bond acceptors (Lipinski definition) is 5. The number of benzene rings is 1. The molecule has 1 amide bonds. The van der Waals surface area contributed by atoms with Crippen molar-refractivity contribution in [3.8, 4) is 0 Å². The van der Waals surface area contributed by atoms with Crippen LogP contribution in [0.3, 0.4) is 0 Å². The maximum Gasteiger partial charge on any atom is 0.240 e. The largest absolute Gasteiger partial charge is 0.397 e.